The monoisotopic (exact) mass is 542 g/mol. The van der Waals surface area contributed by atoms with Gasteiger partial charge in [-0.15, -0.1) is 0 Å². The Hall–Kier alpha value is -1.27. The van der Waals surface area contributed by atoms with E-state index >= 15 is 0 Å². The van der Waals surface area contributed by atoms with Gasteiger partial charge in [0.2, 0.25) is 4.75 Å². The van der Waals surface area contributed by atoms with E-state index in [2.05, 4.69) is 6.92 Å². The number of carboxylic acid groups (broad SMARTS) is 2. The molecule has 0 aliphatic carbocycles. The van der Waals surface area contributed by atoms with Crippen molar-refractivity contribution >= 4 is 22.1 Å². The van der Waals surface area contributed by atoms with Crippen LogP contribution < -0.4 is 0 Å². The molecular formula is C25H50O10S. The molecule has 0 aromatic rings. The third-order valence-electron chi connectivity index (χ3n) is 6.18. The molecule has 0 aromatic heterocycles. The maximum absolute atomic E-state index is 11.5. The average molecular weight is 543 g/mol. The second-order valence-electron chi connectivity index (χ2n) is 9.42. The Morgan fingerprint density at radius 3 is 1.25 bits per heavy atom. The third kappa shape index (κ3) is 18.9. The van der Waals surface area contributed by atoms with Crippen molar-refractivity contribution < 1.29 is 48.1 Å². The van der Waals surface area contributed by atoms with Gasteiger partial charge in [-0.05, 0) is 6.42 Å². The topological polar surface area (TPSA) is 190 Å². The molecule has 1 atom stereocenters. The van der Waals surface area contributed by atoms with E-state index in [9.17, 15) is 27.7 Å². The predicted octanol–water partition coefficient (Wildman–Crippen LogP) is 4.16. The van der Waals surface area contributed by atoms with Gasteiger partial charge in [-0.1, -0.05) is 110 Å². The number of carboxylic acids is 2. The lowest BCUT2D eigenvalue weighted by atomic mass is 9.96. The summed E-state index contributed by atoms with van der Waals surface area (Å²) in [6.45, 7) is 1.50. The second-order valence-corrected chi connectivity index (χ2v) is 11.1. The molecule has 0 aromatic carbocycles. The second kappa shape index (κ2) is 22.9. The number of rotatable bonds is 23. The smallest absolute Gasteiger partial charge is 0.328 e. The van der Waals surface area contributed by atoms with Crippen molar-refractivity contribution in [3.8, 4) is 0 Å². The van der Waals surface area contributed by atoms with Crippen LogP contribution in [0, 0.1) is 0 Å². The van der Waals surface area contributed by atoms with Gasteiger partial charge in [-0.25, -0.2) is 0 Å². The van der Waals surface area contributed by atoms with Gasteiger partial charge in [0, 0.05) is 0 Å². The summed E-state index contributed by atoms with van der Waals surface area (Å²) in [5.74, 6) is -3.38. The summed E-state index contributed by atoms with van der Waals surface area (Å²) in [4.78, 5) is 22.3. The molecule has 0 aliphatic heterocycles. The first-order valence-electron chi connectivity index (χ1n) is 13.3. The van der Waals surface area contributed by atoms with Crippen LogP contribution in [0.5, 0.6) is 0 Å². The number of hydrogen-bond donors (Lipinski definition) is 6. The number of hydrogen-bond acceptors (Lipinski definition) is 7. The summed E-state index contributed by atoms with van der Waals surface area (Å²) in [6, 6.07) is 0. The van der Waals surface area contributed by atoms with Gasteiger partial charge in [-0.3, -0.25) is 14.1 Å². The molecule has 0 aliphatic rings. The molecule has 0 heterocycles. The van der Waals surface area contributed by atoms with Gasteiger partial charge < -0.3 is 25.5 Å². The molecule has 0 amide bonds. The molecule has 0 saturated heterocycles. The van der Waals surface area contributed by atoms with E-state index < -0.39 is 45.7 Å². The van der Waals surface area contributed by atoms with Gasteiger partial charge in [0.25, 0.3) is 10.1 Å². The minimum absolute atomic E-state index is 0.248. The zero-order chi connectivity index (χ0) is 27.9. The largest absolute Gasteiger partial charge is 0.481 e. The molecule has 36 heavy (non-hydrogen) atoms. The van der Waals surface area contributed by atoms with Crippen molar-refractivity contribution in [2.45, 2.75) is 133 Å². The first-order valence-corrected chi connectivity index (χ1v) is 14.7. The lowest BCUT2D eigenvalue weighted by molar-refractivity contribution is -0.147. The molecule has 0 saturated carbocycles. The Bertz CT molecular complexity index is 649. The van der Waals surface area contributed by atoms with E-state index in [1.54, 1.807) is 0 Å². The van der Waals surface area contributed by atoms with Gasteiger partial charge >= 0.3 is 11.9 Å². The Morgan fingerprint density at radius 1 is 0.694 bits per heavy atom. The van der Waals surface area contributed by atoms with E-state index in [0.29, 0.717) is 6.42 Å². The van der Waals surface area contributed by atoms with E-state index in [1.807, 2.05) is 0 Å². The van der Waals surface area contributed by atoms with Crippen molar-refractivity contribution in [1.82, 2.24) is 0 Å². The summed E-state index contributed by atoms with van der Waals surface area (Å²) < 4.78 is 29.7. The number of carbonyl (C=O) groups is 2. The average Bonchev–Trinajstić information content (AvgIpc) is 2.81. The molecule has 10 nitrogen and oxygen atoms in total. The Balaban J connectivity index is 0. The maximum atomic E-state index is 11.5. The zero-order valence-corrected chi connectivity index (χ0v) is 22.8. The SMILES string of the molecule is CCCCCCCCCCCCCCCCCCC(CC(=O)O)(C(=O)O)S(=O)(=O)O.OCC(O)CO. The molecule has 0 spiro atoms. The molecule has 216 valence electrons. The van der Waals surface area contributed by atoms with Crippen molar-refractivity contribution in [1.29, 1.82) is 0 Å². The quantitative estimate of drug-likeness (QED) is 0.0807. The molecular weight excluding hydrogens is 492 g/mol. The summed E-state index contributed by atoms with van der Waals surface area (Å²) in [5, 5.41) is 42.1. The van der Waals surface area contributed by atoms with E-state index in [4.69, 9.17) is 20.4 Å². The van der Waals surface area contributed by atoms with Gasteiger partial charge in [-0.2, -0.15) is 8.42 Å². The molecule has 0 bridgehead atoms. The fourth-order valence-electron chi connectivity index (χ4n) is 3.86. The molecule has 6 N–H and O–H groups in total. The van der Waals surface area contributed by atoms with Crippen molar-refractivity contribution in [3.05, 3.63) is 0 Å². The Morgan fingerprint density at radius 2 is 1.03 bits per heavy atom. The molecule has 0 rings (SSSR count). The maximum Gasteiger partial charge on any atom is 0.328 e. The lowest BCUT2D eigenvalue weighted by Crippen LogP contribution is -2.48. The van der Waals surface area contributed by atoms with Crippen LogP contribution >= 0.6 is 0 Å². The van der Waals surface area contributed by atoms with Gasteiger partial charge in [0.15, 0.2) is 0 Å². The minimum atomic E-state index is -5.02. The normalized spacial score (nSPS) is 13.2. The predicted molar refractivity (Wildman–Crippen MR) is 139 cm³/mol. The van der Waals surface area contributed by atoms with E-state index in [-0.39, 0.29) is 19.6 Å². The fraction of sp³-hybridized carbons (Fsp3) is 0.920. The van der Waals surface area contributed by atoms with Crippen LogP contribution in [0.3, 0.4) is 0 Å². The highest BCUT2D eigenvalue weighted by molar-refractivity contribution is 7.88. The van der Waals surface area contributed by atoms with Crippen LogP contribution in [0.15, 0.2) is 0 Å². The summed E-state index contributed by atoms with van der Waals surface area (Å²) in [6.07, 6.45) is 15.6. The van der Waals surface area contributed by atoms with Gasteiger partial charge in [0.05, 0.1) is 19.6 Å². The van der Waals surface area contributed by atoms with Gasteiger partial charge in [0.1, 0.15) is 6.10 Å². The molecule has 0 radical (unpaired) electrons. The van der Waals surface area contributed by atoms with E-state index in [0.717, 1.165) is 19.3 Å². The minimum Gasteiger partial charge on any atom is -0.481 e. The highest BCUT2D eigenvalue weighted by Crippen LogP contribution is 2.29. The number of aliphatic carboxylic acids is 2. The highest BCUT2D eigenvalue weighted by Gasteiger charge is 2.51. The fourth-order valence-corrected chi connectivity index (χ4v) is 4.79. The van der Waals surface area contributed by atoms with Crippen LogP contribution in [-0.4, -0.2) is 74.5 Å². The lowest BCUT2D eigenvalue weighted by Gasteiger charge is -2.24. The standard InChI is InChI=1S/C22H42O7S.C3H8O3/c1-2-3-4-5-6-7-8-9-10-11-12-13-14-15-16-17-18-22(21(25)26,19-20(23)24)30(27,28)29;4-1-3(6)2-5/h2-19H2,1H3,(H,23,24)(H,25,26)(H,27,28,29);3-6H,1-2H2. The molecule has 11 heteroatoms. The van der Waals surface area contributed by atoms with Crippen LogP contribution in [0.4, 0.5) is 0 Å². The Labute approximate surface area is 216 Å². The molecule has 0 fully saturated rings. The van der Waals surface area contributed by atoms with Crippen molar-refractivity contribution in [3.63, 3.8) is 0 Å². The first kappa shape index (κ1) is 36.9. The van der Waals surface area contributed by atoms with Crippen LogP contribution in [-0.2, 0) is 19.7 Å². The van der Waals surface area contributed by atoms with Crippen molar-refractivity contribution in [2.24, 2.45) is 0 Å². The first-order chi connectivity index (χ1) is 17.0. The Kier molecular flexibility index (Phi) is 23.5. The molecule has 1 unspecified atom stereocenters. The zero-order valence-electron chi connectivity index (χ0n) is 21.9. The summed E-state index contributed by atoms with van der Waals surface area (Å²) in [7, 11) is -5.02. The van der Waals surface area contributed by atoms with E-state index in [1.165, 1.54) is 70.6 Å². The number of unbranched alkanes of at least 4 members (excludes halogenated alkanes) is 15. The van der Waals surface area contributed by atoms with Crippen molar-refractivity contribution in [2.75, 3.05) is 13.2 Å². The summed E-state index contributed by atoms with van der Waals surface area (Å²) in [5.41, 5.74) is 0. The van der Waals surface area contributed by atoms with Crippen LogP contribution in [0.1, 0.15) is 122 Å². The number of aliphatic hydroxyl groups excluding tert-OH is 3. The highest BCUT2D eigenvalue weighted by atomic mass is 32.2. The van der Waals surface area contributed by atoms with Crippen LogP contribution in [0.25, 0.3) is 0 Å². The summed E-state index contributed by atoms with van der Waals surface area (Å²) >= 11 is 0. The number of aliphatic hydroxyl groups is 3. The van der Waals surface area contributed by atoms with Crippen LogP contribution in [0.2, 0.25) is 0 Å². The third-order valence-corrected chi connectivity index (χ3v) is 7.69.